The predicted molar refractivity (Wildman–Crippen MR) is 99.8 cm³/mol. The van der Waals surface area contributed by atoms with Gasteiger partial charge in [-0.15, -0.1) is 11.8 Å². The van der Waals surface area contributed by atoms with Gasteiger partial charge in [-0.25, -0.2) is 0 Å². The van der Waals surface area contributed by atoms with E-state index < -0.39 is 0 Å². The molecule has 0 fully saturated rings. The maximum atomic E-state index is 12.4. The third-order valence-electron chi connectivity index (χ3n) is 3.74. The van der Waals surface area contributed by atoms with Gasteiger partial charge >= 0.3 is 0 Å². The van der Waals surface area contributed by atoms with Crippen molar-refractivity contribution in [3.63, 3.8) is 0 Å². The summed E-state index contributed by atoms with van der Waals surface area (Å²) in [5.74, 6) is 0.491. The molecule has 0 aromatic heterocycles. The summed E-state index contributed by atoms with van der Waals surface area (Å²) in [6.45, 7) is 2.87. The van der Waals surface area contributed by atoms with Crippen LogP contribution in [0.2, 0.25) is 0 Å². The molecule has 0 N–H and O–H groups in total. The molecule has 2 aromatic rings. The molecule has 2 aromatic carbocycles. The number of ketones is 1. The van der Waals surface area contributed by atoms with Gasteiger partial charge < -0.3 is 4.90 Å². The lowest BCUT2D eigenvalue weighted by molar-refractivity contribution is 0.0793. The van der Waals surface area contributed by atoms with E-state index in [9.17, 15) is 9.59 Å². The van der Waals surface area contributed by atoms with Crippen LogP contribution in [0.4, 0.5) is 0 Å². The Hall–Kier alpha value is -2.07. The quantitative estimate of drug-likeness (QED) is 0.523. The zero-order valence-electron chi connectivity index (χ0n) is 14.2. The molecule has 2 rings (SSSR count). The fourth-order valence-corrected chi connectivity index (χ4v) is 3.14. The topological polar surface area (TPSA) is 37.4 Å². The van der Waals surface area contributed by atoms with Gasteiger partial charge in [0.05, 0.1) is 5.75 Å². The molecular weight excluding hydrogens is 318 g/mol. The standard InChI is InChI=1S/C20H23NO2S/c1-3-4-13-21(2)20(23)17-11-8-12-18(14-17)24-15-19(22)16-9-6-5-7-10-16/h5-12,14H,3-4,13,15H2,1-2H3. The van der Waals surface area contributed by atoms with Crippen LogP contribution in [0.3, 0.4) is 0 Å². The van der Waals surface area contributed by atoms with Crippen molar-refractivity contribution < 1.29 is 9.59 Å². The van der Waals surface area contributed by atoms with Gasteiger partial charge in [0.25, 0.3) is 5.91 Å². The molecule has 0 saturated heterocycles. The Balaban J connectivity index is 1.97. The molecule has 126 valence electrons. The Morgan fingerprint density at radius 3 is 2.42 bits per heavy atom. The number of nitrogens with zero attached hydrogens (tertiary/aromatic N) is 1. The maximum Gasteiger partial charge on any atom is 0.253 e. The second kappa shape index (κ2) is 9.28. The maximum absolute atomic E-state index is 12.4. The van der Waals surface area contributed by atoms with Gasteiger partial charge in [-0.05, 0) is 24.6 Å². The van der Waals surface area contributed by atoms with Crippen LogP contribution in [0.15, 0.2) is 59.5 Å². The molecule has 0 aliphatic heterocycles. The molecule has 0 spiro atoms. The van der Waals surface area contributed by atoms with Crippen LogP contribution in [0, 0.1) is 0 Å². The summed E-state index contributed by atoms with van der Waals surface area (Å²) in [6, 6.07) is 16.8. The highest BCUT2D eigenvalue weighted by Crippen LogP contribution is 2.21. The third kappa shape index (κ3) is 5.24. The van der Waals surface area contributed by atoms with Crippen molar-refractivity contribution in [2.75, 3.05) is 19.3 Å². The summed E-state index contributed by atoms with van der Waals surface area (Å²) in [7, 11) is 1.83. The average Bonchev–Trinajstić information content (AvgIpc) is 2.64. The van der Waals surface area contributed by atoms with Crippen LogP contribution < -0.4 is 0 Å². The van der Waals surface area contributed by atoms with Crippen molar-refractivity contribution >= 4 is 23.5 Å². The molecule has 24 heavy (non-hydrogen) atoms. The minimum atomic E-state index is 0.0280. The minimum Gasteiger partial charge on any atom is -0.342 e. The molecule has 0 aliphatic carbocycles. The fraction of sp³-hybridized carbons (Fsp3) is 0.300. The Labute approximate surface area is 148 Å². The normalized spacial score (nSPS) is 10.4. The molecular formula is C20H23NO2S. The van der Waals surface area contributed by atoms with Gasteiger partial charge in [-0.2, -0.15) is 0 Å². The van der Waals surface area contributed by atoms with E-state index in [4.69, 9.17) is 0 Å². The Kier molecular flexibility index (Phi) is 7.07. The monoisotopic (exact) mass is 341 g/mol. The zero-order chi connectivity index (χ0) is 17.4. The predicted octanol–water partition coefficient (Wildman–Crippen LogP) is 4.53. The van der Waals surface area contributed by atoms with Gasteiger partial charge in [-0.3, -0.25) is 9.59 Å². The van der Waals surface area contributed by atoms with Crippen LogP contribution in [-0.4, -0.2) is 35.9 Å². The summed E-state index contributed by atoms with van der Waals surface area (Å²) in [4.78, 5) is 27.3. The van der Waals surface area contributed by atoms with E-state index in [1.165, 1.54) is 11.8 Å². The highest BCUT2D eigenvalue weighted by Gasteiger charge is 2.12. The number of hydrogen-bond acceptors (Lipinski definition) is 3. The summed E-state index contributed by atoms with van der Waals surface area (Å²) >= 11 is 1.46. The number of Topliss-reactive ketones (excluding diaryl/α,β-unsaturated/α-hetero) is 1. The Bertz CT molecular complexity index is 685. The molecule has 1 amide bonds. The van der Waals surface area contributed by atoms with Crippen LogP contribution in [0.25, 0.3) is 0 Å². The van der Waals surface area contributed by atoms with E-state index in [-0.39, 0.29) is 11.7 Å². The van der Waals surface area contributed by atoms with Crippen LogP contribution >= 0.6 is 11.8 Å². The number of benzene rings is 2. The number of unbranched alkanes of at least 4 members (excludes halogenated alkanes) is 1. The van der Waals surface area contributed by atoms with Crippen molar-refractivity contribution in [1.82, 2.24) is 4.90 Å². The molecule has 0 radical (unpaired) electrons. The van der Waals surface area contributed by atoms with Crippen molar-refractivity contribution in [3.05, 3.63) is 65.7 Å². The highest BCUT2D eigenvalue weighted by atomic mass is 32.2. The van der Waals surface area contributed by atoms with E-state index in [0.29, 0.717) is 11.3 Å². The van der Waals surface area contributed by atoms with Crippen LogP contribution in [-0.2, 0) is 0 Å². The zero-order valence-corrected chi connectivity index (χ0v) is 15.0. The summed E-state index contributed by atoms with van der Waals surface area (Å²) in [5, 5.41) is 0. The molecule has 0 atom stereocenters. The molecule has 4 heteroatoms. The number of rotatable bonds is 8. The van der Waals surface area contributed by atoms with E-state index >= 15 is 0 Å². The van der Waals surface area contributed by atoms with Crippen molar-refractivity contribution in [3.8, 4) is 0 Å². The highest BCUT2D eigenvalue weighted by molar-refractivity contribution is 8.00. The van der Waals surface area contributed by atoms with Gasteiger partial charge in [-0.1, -0.05) is 49.7 Å². The smallest absolute Gasteiger partial charge is 0.253 e. The molecule has 0 aliphatic rings. The van der Waals surface area contributed by atoms with Crippen molar-refractivity contribution in [1.29, 1.82) is 0 Å². The average molecular weight is 341 g/mol. The second-order valence-electron chi connectivity index (χ2n) is 5.69. The number of carbonyl (C=O) groups excluding carboxylic acids is 2. The number of hydrogen-bond donors (Lipinski definition) is 0. The van der Waals surface area contributed by atoms with Crippen LogP contribution in [0.5, 0.6) is 0 Å². The SMILES string of the molecule is CCCCN(C)C(=O)c1cccc(SCC(=O)c2ccccc2)c1. The summed E-state index contributed by atoms with van der Waals surface area (Å²) < 4.78 is 0. The minimum absolute atomic E-state index is 0.0280. The first kappa shape index (κ1) is 18.3. The van der Waals surface area contributed by atoms with Crippen molar-refractivity contribution in [2.24, 2.45) is 0 Å². The van der Waals surface area contributed by atoms with E-state index in [2.05, 4.69) is 6.92 Å². The lowest BCUT2D eigenvalue weighted by atomic mass is 10.2. The van der Waals surface area contributed by atoms with Crippen molar-refractivity contribution in [2.45, 2.75) is 24.7 Å². The van der Waals surface area contributed by atoms with Crippen LogP contribution in [0.1, 0.15) is 40.5 Å². The van der Waals surface area contributed by atoms with E-state index in [1.807, 2.05) is 61.6 Å². The van der Waals surface area contributed by atoms with Gasteiger partial charge in [0.2, 0.25) is 0 Å². The lowest BCUT2D eigenvalue weighted by Gasteiger charge is -2.17. The second-order valence-corrected chi connectivity index (χ2v) is 6.73. The number of carbonyl (C=O) groups is 2. The fourth-order valence-electron chi connectivity index (χ4n) is 2.29. The largest absolute Gasteiger partial charge is 0.342 e. The molecule has 0 saturated carbocycles. The Morgan fingerprint density at radius 2 is 1.71 bits per heavy atom. The van der Waals surface area contributed by atoms with E-state index in [0.717, 1.165) is 29.8 Å². The molecule has 3 nitrogen and oxygen atoms in total. The Morgan fingerprint density at radius 1 is 1.00 bits per heavy atom. The number of amides is 1. The first-order valence-corrected chi connectivity index (χ1v) is 9.17. The van der Waals surface area contributed by atoms with Gasteiger partial charge in [0.15, 0.2) is 5.78 Å². The first-order valence-electron chi connectivity index (χ1n) is 8.18. The molecule has 0 bridgehead atoms. The molecule has 0 unspecified atom stereocenters. The third-order valence-corrected chi connectivity index (χ3v) is 4.73. The summed E-state index contributed by atoms with van der Waals surface area (Å²) in [6.07, 6.45) is 2.07. The lowest BCUT2D eigenvalue weighted by Crippen LogP contribution is -2.27. The van der Waals surface area contributed by atoms with Gasteiger partial charge in [0.1, 0.15) is 0 Å². The van der Waals surface area contributed by atoms with E-state index in [1.54, 1.807) is 4.90 Å². The summed E-state index contributed by atoms with van der Waals surface area (Å²) in [5.41, 5.74) is 1.39. The molecule has 0 heterocycles. The number of thioether (sulfide) groups is 1. The van der Waals surface area contributed by atoms with Gasteiger partial charge in [0, 0.05) is 29.6 Å². The first-order chi connectivity index (χ1) is 11.6.